The first-order chi connectivity index (χ1) is 6.65. The topological polar surface area (TPSA) is 29.5 Å². The summed E-state index contributed by atoms with van der Waals surface area (Å²) in [6, 6.07) is 0.0266. The van der Waals surface area contributed by atoms with Gasteiger partial charge in [-0.1, -0.05) is 13.8 Å². The molecule has 0 radical (unpaired) electrons. The highest BCUT2D eigenvalue weighted by molar-refractivity contribution is 5.75. The molecular weight excluding hydrogens is 178 g/mol. The number of hydrogen-bond donors (Lipinski definition) is 0. The molecule has 1 heterocycles. The molecule has 14 heavy (non-hydrogen) atoms. The molecule has 0 spiro atoms. The van der Waals surface area contributed by atoms with Crippen LogP contribution in [0.2, 0.25) is 0 Å². The summed E-state index contributed by atoms with van der Waals surface area (Å²) in [6.07, 6.45) is 3.25. The van der Waals surface area contributed by atoms with Crippen molar-refractivity contribution in [3.8, 4) is 0 Å². The predicted molar refractivity (Wildman–Crippen MR) is 56.1 cm³/mol. The molecule has 0 aromatic heterocycles. The molecule has 1 aliphatic heterocycles. The highest BCUT2D eigenvalue weighted by Crippen LogP contribution is 2.19. The minimum atomic E-state index is -0.0637. The second-order valence-corrected chi connectivity index (χ2v) is 4.40. The number of carbonyl (C=O) groups is 1. The molecule has 1 saturated heterocycles. The van der Waals surface area contributed by atoms with E-state index < -0.39 is 0 Å². The zero-order valence-electron chi connectivity index (χ0n) is 9.45. The lowest BCUT2D eigenvalue weighted by Crippen LogP contribution is -2.37. The lowest BCUT2D eigenvalue weighted by Gasteiger charge is -2.22. The van der Waals surface area contributed by atoms with Gasteiger partial charge in [0.05, 0.1) is 7.11 Å². The Balaban J connectivity index is 2.39. The molecule has 1 atom stereocenters. The van der Waals surface area contributed by atoms with E-state index in [0.717, 1.165) is 32.4 Å². The smallest absolute Gasteiger partial charge is 0.323 e. The van der Waals surface area contributed by atoms with Crippen molar-refractivity contribution in [2.24, 2.45) is 5.92 Å². The van der Waals surface area contributed by atoms with Gasteiger partial charge >= 0.3 is 5.97 Å². The molecule has 1 fully saturated rings. The van der Waals surface area contributed by atoms with E-state index in [0.29, 0.717) is 5.92 Å². The quantitative estimate of drug-likeness (QED) is 0.645. The zero-order chi connectivity index (χ0) is 10.6. The molecule has 3 nitrogen and oxygen atoms in total. The summed E-state index contributed by atoms with van der Waals surface area (Å²) in [5, 5.41) is 0. The van der Waals surface area contributed by atoms with Crippen molar-refractivity contribution in [2.45, 2.75) is 39.2 Å². The van der Waals surface area contributed by atoms with Crippen LogP contribution in [-0.4, -0.2) is 37.1 Å². The van der Waals surface area contributed by atoms with Gasteiger partial charge in [-0.3, -0.25) is 9.69 Å². The Labute approximate surface area is 86.4 Å². The largest absolute Gasteiger partial charge is 0.468 e. The van der Waals surface area contributed by atoms with Crippen LogP contribution in [0, 0.1) is 5.92 Å². The van der Waals surface area contributed by atoms with Crippen molar-refractivity contribution in [2.75, 3.05) is 20.2 Å². The summed E-state index contributed by atoms with van der Waals surface area (Å²) < 4.78 is 4.79. The Morgan fingerprint density at radius 1 is 1.57 bits per heavy atom. The average Bonchev–Trinajstić information content (AvgIpc) is 2.61. The van der Waals surface area contributed by atoms with Crippen LogP contribution in [0.15, 0.2) is 0 Å². The minimum Gasteiger partial charge on any atom is -0.468 e. The second-order valence-electron chi connectivity index (χ2n) is 4.40. The molecule has 82 valence electrons. The molecule has 0 amide bonds. The number of rotatable bonds is 4. The van der Waals surface area contributed by atoms with Gasteiger partial charge in [-0.2, -0.15) is 0 Å². The first-order valence-corrected chi connectivity index (χ1v) is 5.47. The number of likely N-dealkylation sites (tertiary alicyclic amines) is 1. The Morgan fingerprint density at radius 2 is 2.29 bits per heavy atom. The fourth-order valence-corrected chi connectivity index (χ4v) is 1.92. The van der Waals surface area contributed by atoms with E-state index >= 15 is 0 Å². The fourth-order valence-electron chi connectivity index (χ4n) is 1.92. The number of carbonyl (C=O) groups excluding carboxylic acids is 1. The van der Waals surface area contributed by atoms with E-state index in [2.05, 4.69) is 18.7 Å². The molecule has 1 aliphatic rings. The number of esters is 1. The van der Waals surface area contributed by atoms with Crippen LogP contribution in [0.3, 0.4) is 0 Å². The van der Waals surface area contributed by atoms with Crippen LogP contribution in [0.5, 0.6) is 0 Å². The van der Waals surface area contributed by atoms with E-state index in [-0.39, 0.29) is 12.0 Å². The number of ether oxygens (including phenoxy) is 1. The second kappa shape index (κ2) is 5.35. The Hall–Kier alpha value is -0.570. The minimum absolute atomic E-state index is 0.0266. The maximum absolute atomic E-state index is 11.4. The van der Waals surface area contributed by atoms with Crippen molar-refractivity contribution in [3.05, 3.63) is 0 Å². The van der Waals surface area contributed by atoms with Crippen LogP contribution >= 0.6 is 0 Å². The van der Waals surface area contributed by atoms with Gasteiger partial charge < -0.3 is 4.74 Å². The molecule has 0 saturated carbocycles. The van der Waals surface area contributed by atoms with Crippen LogP contribution in [-0.2, 0) is 9.53 Å². The standard InChI is InChI=1S/C11H21NO2/c1-9(2)6-8-12-7-4-5-10(12)11(13)14-3/h9-10H,4-8H2,1-3H3. The highest BCUT2D eigenvalue weighted by Gasteiger charge is 2.30. The fraction of sp³-hybridized carbons (Fsp3) is 0.909. The number of nitrogens with zero attached hydrogens (tertiary/aromatic N) is 1. The third kappa shape index (κ3) is 2.98. The summed E-state index contributed by atoms with van der Waals surface area (Å²) in [4.78, 5) is 13.7. The summed E-state index contributed by atoms with van der Waals surface area (Å²) >= 11 is 0. The van der Waals surface area contributed by atoms with Gasteiger partial charge in [-0.15, -0.1) is 0 Å². The third-order valence-electron chi connectivity index (χ3n) is 2.83. The average molecular weight is 199 g/mol. The van der Waals surface area contributed by atoms with Crippen LogP contribution < -0.4 is 0 Å². The van der Waals surface area contributed by atoms with E-state index in [1.165, 1.54) is 7.11 Å². The molecule has 1 unspecified atom stereocenters. The molecule has 0 bridgehead atoms. The molecular formula is C11H21NO2. The Bertz CT molecular complexity index is 192. The van der Waals surface area contributed by atoms with Crippen molar-refractivity contribution < 1.29 is 9.53 Å². The molecule has 0 N–H and O–H groups in total. The van der Waals surface area contributed by atoms with Gasteiger partial charge in [0, 0.05) is 0 Å². The molecule has 0 aliphatic carbocycles. The van der Waals surface area contributed by atoms with E-state index in [4.69, 9.17) is 4.74 Å². The lowest BCUT2D eigenvalue weighted by atomic mass is 10.1. The summed E-state index contributed by atoms with van der Waals surface area (Å²) in [5.74, 6) is 0.639. The lowest BCUT2D eigenvalue weighted by molar-refractivity contribution is -0.145. The van der Waals surface area contributed by atoms with Gasteiger partial charge in [0.15, 0.2) is 0 Å². The van der Waals surface area contributed by atoms with Gasteiger partial charge in [-0.25, -0.2) is 0 Å². The normalized spacial score (nSPS) is 23.0. The van der Waals surface area contributed by atoms with Crippen molar-refractivity contribution in [1.29, 1.82) is 0 Å². The SMILES string of the molecule is COC(=O)C1CCCN1CCC(C)C. The summed E-state index contributed by atoms with van der Waals surface area (Å²) in [6.45, 7) is 6.50. The van der Waals surface area contributed by atoms with Crippen LogP contribution in [0.25, 0.3) is 0 Å². The molecule has 3 heteroatoms. The van der Waals surface area contributed by atoms with Gasteiger partial charge in [0.2, 0.25) is 0 Å². The maximum atomic E-state index is 11.4. The van der Waals surface area contributed by atoms with Crippen molar-refractivity contribution >= 4 is 5.97 Å². The first-order valence-electron chi connectivity index (χ1n) is 5.47. The van der Waals surface area contributed by atoms with Crippen LogP contribution in [0.4, 0.5) is 0 Å². The predicted octanol–water partition coefficient (Wildman–Crippen LogP) is 1.67. The number of hydrogen-bond acceptors (Lipinski definition) is 3. The van der Waals surface area contributed by atoms with E-state index in [9.17, 15) is 4.79 Å². The van der Waals surface area contributed by atoms with Crippen molar-refractivity contribution in [1.82, 2.24) is 4.90 Å². The first kappa shape index (κ1) is 11.5. The summed E-state index contributed by atoms with van der Waals surface area (Å²) in [5.41, 5.74) is 0. The van der Waals surface area contributed by atoms with Gasteiger partial charge in [0.1, 0.15) is 6.04 Å². The molecule has 1 rings (SSSR count). The Kier molecular flexibility index (Phi) is 4.39. The Morgan fingerprint density at radius 3 is 2.86 bits per heavy atom. The maximum Gasteiger partial charge on any atom is 0.323 e. The molecule has 0 aromatic rings. The van der Waals surface area contributed by atoms with Crippen LogP contribution in [0.1, 0.15) is 33.1 Å². The highest BCUT2D eigenvalue weighted by atomic mass is 16.5. The van der Waals surface area contributed by atoms with E-state index in [1.807, 2.05) is 0 Å². The third-order valence-corrected chi connectivity index (χ3v) is 2.83. The summed E-state index contributed by atoms with van der Waals surface area (Å²) in [7, 11) is 1.47. The number of methoxy groups -OCH3 is 1. The van der Waals surface area contributed by atoms with E-state index in [1.54, 1.807) is 0 Å². The van der Waals surface area contributed by atoms with Gasteiger partial charge in [-0.05, 0) is 38.3 Å². The molecule has 0 aromatic carbocycles. The van der Waals surface area contributed by atoms with Crippen molar-refractivity contribution in [3.63, 3.8) is 0 Å². The monoisotopic (exact) mass is 199 g/mol. The van der Waals surface area contributed by atoms with Gasteiger partial charge in [0.25, 0.3) is 0 Å². The zero-order valence-corrected chi connectivity index (χ0v) is 9.45.